The number of benzene rings is 1. The number of hydrogen-bond acceptors (Lipinski definition) is 2. The molecule has 1 aromatic carbocycles. The van der Waals surface area contributed by atoms with Gasteiger partial charge in [0.15, 0.2) is 0 Å². The average molecular weight is 272 g/mol. The van der Waals surface area contributed by atoms with Gasteiger partial charge in [-0.2, -0.15) is 11.8 Å². The summed E-state index contributed by atoms with van der Waals surface area (Å²) in [6.45, 7) is 5.49. The van der Waals surface area contributed by atoms with E-state index in [9.17, 15) is 0 Å². The summed E-state index contributed by atoms with van der Waals surface area (Å²) in [5.74, 6) is 2.37. The smallest absolute Gasteiger partial charge is 0.0411 e. The summed E-state index contributed by atoms with van der Waals surface area (Å²) in [6, 6.07) is 8.65. The molecule has 0 aliphatic heterocycles. The van der Waals surface area contributed by atoms with Gasteiger partial charge < -0.3 is 5.32 Å². The lowest BCUT2D eigenvalue weighted by molar-refractivity contribution is 0.577. The second-order valence-corrected chi connectivity index (χ2v) is 5.72. The van der Waals surface area contributed by atoms with Crippen LogP contribution in [0.15, 0.2) is 24.3 Å². The average Bonchev–Trinajstić information content (AvgIpc) is 2.35. The molecule has 0 aliphatic carbocycles. The van der Waals surface area contributed by atoms with Crippen LogP contribution in [-0.2, 0) is 0 Å². The normalized spacial score (nSPS) is 12.6. The first-order valence-corrected chi connectivity index (χ1v) is 7.87. The highest BCUT2D eigenvalue weighted by Crippen LogP contribution is 2.20. The van der Waals surface area contributed by atoms with E-state index in [0.29, 0.717) is 6.04 Å². The van der Waals surface area contributed by atoms with Crippen LogP contribution < -0.4 is 5.32 Å². The third-order valence-electron chi connectivity index (χ3n) is 2.55. The molecule has 0 bridgehead atoms. The molecule has 1 nitrogen and oxygen atoms in total. The van der Waals surface area contributed by atoms with Gasteiger partial charge in [0.2, 0.25) is 0 Å². The van der Waals surface area contributed by atoms with Gasteiger partial charge in [-0.15, -0.1) is 0 Å². The van der Waals surface area contributed by atoms with Gasteiger partial charge in [-0.05, 0) is 42.8 Å². The molecule has 0 spiro atoms. The third kappa shape index (κ3) is 5.80. The monoisotopic (exact) mass is 271 g/mol. The van der Waals surface area contributed by atoms with E-state index in [1.165, 1.54) is 24.2 Å². The number of hydrogen-bond donors (Lipinski definition) is 1. The van der Waals surface area contributed by atoms with Crippen molar-refractivity contribution in [3.63, 3.8) is 0 Å². The zero-order valence-corrected chi connectivity index (χ0v) is 12.3. The van der Waals surface area contributed by atoms with Gasteiger partial charge in [0.1, 0.15) is 0 Å². The summed E-state index contributed by atoms with van der Waals surface area (Å²) >= 11 is 7.94. The molecule has 1 aromatic rings. The maximum absolute atomic E-state index is 5.92. The fourth-order valence-electron chi connectivity index (χ4n) is 1.63. The van der Waals surface area contributed by atoms with Gasteiger partial charge in [0.05, 0.1) is 0 Å². The van der Waals surface area contributed by atoms with E-state index >= 15 is 0 Å². The predicted molar refractivity (Wildman–Crippen MR) is 80.1 cm³/mol. The van der Waals surface area contributed by atoms with Crippen molar-refractivity contribution in [2.45, 2.75) is 32.7 Å². The Morgan fingerprint density at radius 1 is 1.18 bits per heavy atom. The summed E-state index contributed by atoms with van der Waals surface area (Å²) in [5, 5.41) is 4.41. The lowest BCUT2D eigenvalue weighted by Gasteiger charge is -2.18. The molecule has 0 saturated carbocycles. The van der Waals surface area contributed by atoms with Crippen molar-refractivity contribution in [3.8, 4) is 0 Å². The van der Waals surface area contributed by atoms with Crippen molar-refractivity contribution in [2.24, 2.45) is 0 Å². The van der Waals surface area contributed by atoms with Crippen LogP contribution in [0.1, 0.15) is 38.3 Å². The van der Waals surface area contributed by atoms with Crippen LogP contribution in [0.25, 0.3) is 0 Å². The molecule has 1 rings (SSSR count). The summed E-state index contributed by atoms with van der Waals surface area (Å²) in [4.78, 5) is 0. The molecule has 0 fully saturated rings. The molecule has 0 amide bonds. The van der Waals surface area contributed by atoms with E-state index < -0.39 is 0 Å². The summed E-state index contributed by atoms with van der Waals surface area (Å²) in [5.41, 5.74) is 1.34. The zero-order valence-electron chi connectivity index (χ0n) is 10.7. The van der Waals surface area contributed by atoms with E-state index in [1.807, 2.05) is 23.9 Å². The zero-order chi connectivity index (χ0) is 12.5. The number of halogens is 1. The number of thioether (sulfide) groups is 1. The summed E-state index contributed by atoms with van der Waals surface area (Å²) in [6.07, 6.45) is 2.41. The van der Waals surface area contributed by atoms with Gasteiger partial charge >= 0.3 is 0 Å². The summed E-state index contributed by atoms with van der Waals surface area (Å²) < 4.78 is 0. The van der Waals surface area contributed by atoms with E-state index in [-0.39, 0.29) is 0 Å². The minimum Gasteiger partial charge on any atom is -0.309 e. The molecule has 0 saturated heterocycles. The quantitative estimate of drug-likeness (QED) is 0.698. The van der Waals surface area contributed by atoms with Gasteiger partial charge in [-0.25, -0.2) is 0 Å². The molecule has 3 heteroatoms. The molecule has 17 heavy (non-hydrogen) atoms. The molecule has 96 valence electrons. The lowest BCUT2D eigenvalue weighted by Crippen LogP contribution is -2.24. The Hall–Kier alpha value is -0.180. The molecule has 1 atom stereocenters. The van der Waals surface area contributed by atoms with E-state index in [4.69, 9.17) is 11.6 Å². The fraction of sp³-hybridized carbons (Fsp3) is 0.571. The Morgan fingerprint density at radius 3 is 2.47 bits per heavy atom. The Labute approximate surface area is 114 Å². The number of nitrogens with one attached hydrogen (secondary N) is 1. The first-order valence-electron chi connectivity index (χ1n) is 6.34. The maximum atomic E-state index is 5.92. The van der Waals surface area contributed by atoms with Gasteiger partial charge in [0, 0.05) is 16.8 Å². The molecule has 0 aromatic heterocycles. The Kier molecular flexibility index (Phi) is 7.74. The van der Waals surface area contributed by atoms with E-state index in [2.05, 4.69) is 31.3 Å². The van der Waals surface area contributed by atoms with Crippen LogP contribution in [0, 0.1) is 0 Å². The van der Waals surface area contributed by atoms with Crippen LogP contribution in [0.4, 0.5) is 0 Å². The second kappa shape index (κ2) is 8.84. The summed E-state index contributed by atoms with van der Waals surface area (Å²) in [7, 11) is 0. The minimum atomic E-state index is 0.448. The SMILES string of the molecule is CCCNC(CSCCC)c1ccc(Cl)cc1. The van der Waals surface area contributed by atoms with Crippen molar-refractivity contribution in [2.75, 3.05) is 18.1 Å². The third-order valence-corrected chi connectivity index (χ3v) is 4.06. The van der Waals surface area contributed by atoms with Gasteiger partial charge in [-0.1, -0.05) is 37.6 Å². The lowest BCUT2D eigenvalue weighted by atomic mass is 10.1. The van der Waals surface area contributed by atoms with E-state index in [1.54, 1.807) is 0 Å². The maximum Gasteiger partial charge on any atom is 0.0411 e. The van der Waals surface area contributed by atoms with Crippen molar-refractivity contribution in [1.29, 1.82) is 0 Å². The standard InChI is InChI=1S/C14H22ClNS/c1-3-9-16-14(11-17-10-4-2)12-5-7-13(15)8-6-12/h5-8,14,16H,3-4,9-11H2,1-2H3. The number of rotatable bonds is 8. The highest BCUT2D eigenvalue weighted by molar-refractivity contribution is 7.99. The topological polar surface area (TPSA) is 12.0 Å². The van der Waals surface area contributed by atoms with Crippen LogP contribution in [0.3, 0.4) is 0 Å². The van der Waals surface area contributed by atoms with Crippen LogP contribution >= 0.6 is 23.4 Å². The van der Waals surface area contributed by atoms with Gasteiger partial charge in [0.25, 0.3) is 0 Å². The van der Waals surface area contributed by atoms with Gasteiger partial charge in [-0.3, -0.25) is 0 Å². The minimum absolute atomic E-state index is 0.448. The highest BCUT2D eigenvalue weighted by atomic mass is 35.5. The Morgan fingerprint density at radius 2 is 1.88 bits per heavy atom. The molecule has 0 aliphatic rings. The van der Waals surface area contributed by atoms with Crippen molar-refractivity contribution in [3.05, 3.63) is 34.9 Å². The van der Waals surface area contributed by atoms with Crippen molar-refractivity contribution in [1.82, 2.24) is 5.32 Å². The molecule has 0 radical (unpaired) electrons. The van der Waals surface area contributed by atoms with Crippen LogP contribution in [0.2, 0.25) is 5.02 Å². The highest BCUT2D eigenvalue weighted by Gasteiger charge is 2.10. The second-order valence-electron chi connectivity index (χ2n) is 4.13. The molecular weight excluding hydrogens is 250 g/mol. The van der Waals surface area contributed by atoms with Crippen molar-refractivity contribution >= 4 is 23.4 Å². The molecular formula is C14H22ClNS. The molecule has 0 heterocycles. The largest absolute Gasteiger partial charge is 0.309 e. The van der Waals surface area contributed by atoms with Crippen LogP contribution in [0.5, 0.6) is 0 Å². The Bertz CT molecular complexity index is 300. The first kappa shape index (κ1) is 14.9. The fourth-order valence-corrected chi connectivity index (χ4v) is 2.76. The van der Waals surface area contributed by atoms with Crippen LogP contribution in [-0.4, -0.2) is 18.1 Å². The molecule has 1 N–H and O–H groups in total. The predicted octanol–water partition coefficient (Wildman–Crippen LogP) is 4.52. The van der Waals surface area contributed by atoms with E-state index in [0.717, 1.165) is 17.3 Å². The van der Waals surface area contributed by atoms with Crippen molar-refractivity contribution < 1.29 is 0 Å². The first-order chi connectivity index (χ1) is 8.27. The Balaban J connectivity index is 2.57. The molecule has 1 unspecified atom stereocenters.